The van der Waals surface area contributed by atoms with E-state index in [0.717, 1.165) is 5.56 Å². The van der Waals surface area contributed by atoms with Crippen LogP contribution in [-0.2, 0) is 22.6 Å². The van der Waals surface area contributed by atoms with Crippen LogP contribution < -0.4 is 16.0 Å². The molecule has 0 bridgehead atoms. The summed E-state index contributed by atoms with van der Waals surface area (Å²) in [6, 6.07) is 12.2. The molecule has 8 nitrogen and oxygen atoms in total. The van der Waals surface area contributed by atoms with E-state index < -0.39 is 17.5 Å². The average Bonchev–Trinajstić information content (AvgIpc) is 3.04. The van der Waals surface area contributed by atoms with Crippen LogP contribution in [0.15, 0.2) is 42.5 Å². The normalized spacial score (nSPS) is 18.1. The second-order valence-electron chi connectivity index (χ2n) is 9.34. The molecule has 2 aliphatic rings. The highest BCUT2D eigenvalue weighted by Crippen LogP contribution is 2.29. The van der Waals surface area contributed by atoms with E-state index in [0.29, 0.717) is 24.1 Å². The molecule has 2 heterocycles. The van der Waals surface area contributed by atoms with Gasteiger partial charge in [0.1, 0.15) is 6.04 Å². The number of imide groups is 1. The van der Waals surface area contributed by atoms with Gasteiger partial charge in [-0.25, -0.2) is 4.79 Å². The molecule has 0 spiro atoms. The zero-order valence-electron chi connectivity index (χ0n) is 19.0. The number of carbonyl (C=O) groups excluding carboxylic acids is 4. The highest BCUT2D eigenvalue weighted by molar-refractivity contribution is 6.05. The first-order valence-electron chi connectivity index (χ1n) is 11.0. The summed E-state index contributed by atoms with van der Waals surface area (Å²) in [5.74, 6) is -1.00. The molecule has 8 heteroatoms. The summed E-state index contributed by atoms with van der Waals surface area (Å²) >= 11 is 0. The number of benzene rings is 2. The third-order valence-electron chi connectivity index (χ3n) is 6.13. The molecule has 4 rings (SSSR count). The molecule has 1 saturated heterocycles. The lowest BCUT2D eigenvalue weighted by molar-refractivity contribution is -0.136. The van der Waals surface area contributed by atoms with Gasteiger partial charge in [0.25, 0.3) is 5.91 Å². The van der Waals surface area contributed by atoms with Gasteiger partial charge in [-0.2, -0.15) is 0 Å². The van der Waals surface area contributed by atoms with E-state index in [2.05, 4.69) is 35.0 Å². The summed E-state index contributed by atoms with van der Waals surface area (Å²) in [6.07, 6.45) is 1.21. The number of rotatable bonds is 5. The van der Waals surface area contributed by atoms with E-state index in [4.69, 9.17) is 0 Å². The number of fused-ring (bicyclic) bond motifs is 1. The van der Waals surface area contributed by atoms with E-state index in [1.807, 2.05) is 26.0 Å². The first kappa shape index (κ1) is 22.5. The van der Waals surface area contributed by atoms with Crippen molar-refractivity contribution in [1.29, 1.82) is 0 Å². The lowest BCUT2D eigenvalue weighted by atomic mass is 9.92. The van der Waals surface area contributed by atoms with Gasteiger partial charge in [-0.1, -0.05) is 24.3 Å². The van der Waals surface area contributed by atoms with Gasteiger partial charge in [-0.3, -0.25) is 19.7 Å². The fraction of sp³-hybridized carbons (Fsp3) is 0.360. The molecule has 1 unspecified atom stereocenters. The summed E-state index contributed by atoms with van der Waals surface area (Å²) < 4.78 is 0. The number of hydrogen-bond acceptors (Lipinski definition) is 4. The van der Waals surface area contributed by atoms with E-state index in [-0.39, 0.29) is 30.8 Å². The first-order valence-corrected chi connectivity index (χ1v) is 11.0. The summed E-state index contributed by atoms with van der Waals surface area (Å²) in [4.78, 5) is 50.6. The van der Waals surface area contributed by atoms with Crippen LogP contribution in [-0.4, -0.2) is 40.2 Å². The number of carbonyl (C=O) groups is 4. The molecular formula is C25H28N4O4. The lowest BCUT2D eigenvalue weighted by Gasteiger charge is -2.29. The Hall–Kier alpha value is -3.68. The Kier molecular flexibility index (Phi) is 5.93. The van der Waals surface area contributed by atoms with Gasteiger partial charge in [0.15, 0.2) is 0 Å². The minimum Gasteiger partial charge on any atom is -0.333 e. The van der Waals surface area contributed by atoms with Crippen molar-refractivity contribution in [3.05, 3.63) is 64.7 Å². The topological polar surface area (TPSA) is 108 Å². The van der Waals surface area contributed by atoms with E-state index >= 15 is 0 Å². The predicted octanol–water partition coefficient (Wildman–Crippen LogP) is 2.90. The number of amides is 5. The van der Waals surface area contributed by atoms with Gasteiger partial charge < -0.3 is 15.5 Å². The van der Waals surface area contributed by atoms with E-state index in [1.165, 1.54) is 16.0 Å². The van der Waals surface area contributed by atoms with Gasteiger partial charge in [0.05, 0.1) is 0 Å². The van der Waals surface area contributed by atoms with Crippen LogP contribution in [0, 0.1) is 6.92 Å². The van der Waals surface area contributed by atoms with Crippen LogP contribution in [0.2, 0.25) is 0 Å². The summed E-state index contributed by atoms with van der Waals surface area (Å²) in [7, 11) is 0. The molecule has 1 atom stereocenters. The largest absolute Gasteiger partial charge is 0.333 e. The second-order valence-corrected chi connectivity index (χ2v) is 9.34. The number of urea groups is 1. The molecule has 0 saturated carbocycles. The Morgan fingerprint density at radius 1 is 1.15 bits per heavy atom. The fourth-order valence-electron chi connectivity index (χ4n) is 4.45. The molecule has 2 aromatic carbocycles. The molecule has 0 aliphatic carbocycles. The van der Waals surface area contributed by atoms with Crippen LogP contribution in [0.4, 0.5) is 10.5 Å². The number of nitrogens with one attached hydrogen (secondary N) is 3. The van der Waals surface area contributed by atoms with E-state index in [9.17, 15) is 19.2 Å². The van der Waals surface area contributed by atoms with Crippen LogP contribution in [0.3, 0.4) is 0 Å². The molecular weight excluding hydrogens is 420 g/mol. The number of aryl methyl sites for hydroxylation is 1. The predicted molar refractivity (Wildman–Crippen MR) is 124 cm³/mol. The molecule has 1 fully saturated rings. The van der Waals surface area contributed by atoms with Gasteiger partial charge in [0.2, 0.25) is 11.8 Å². The molecule has 5 amide bonds. The second kappa shape index (κ2) is 8.69. The average molecular weight is 449 g/mol. The smallest absolute Gasteiger partial charge is 0.319 e. The molecule has 3 N–H and O–H groups in total. The van der Waals surface area contributed by atoms with E-state index in [1.54, 1.807) is 18.2 Å². The van der Waals surface area contributed by atoms with Gasteiger partial charge in [-0.05, 0) is 68.5 Å². The minimum absolute atomic E-state index is 0.210. The number of piperidine rings is 1. The highest BCUT2D eigenvalue weighted by Gasteiger charge is 2.39. The van der Waals surface area contributed by atoms with Crippen molar-refractivity contribution in [1.82, 2.24) is 15.5 Å². The van der Waals surface area contributed by atoms with Crippen molar-refractivity contribution < 1.29 is 19.2 Å². The summed E-state index contributed by atoms with van der Waals surface area (Å²) in [6.45, 7) is 6.25. The van der Waals surface area contributed by atoms with Gasteiger partial charge in [-0.15, -0.1) is 0 Å². The lowest BCUT2D eigenvalue weighted by Crippen LogP contribution is -2.52. The zero-order chi connectivity index (χ0) is 23.8. The maximum Gasteiger partial charge on any atom is 0.319 e. The SMILES string of the molecule is Cc1ccccc1CC(C)(C)NC(=O)Nc1ccc2c(c1)CN(C1CCC(=O)NC1=O)C2=O. The minimum atomic E-state index is -0.662. The van der Waals surface area contributed by atoms with Crippen molar-refractivity contribution in [3.63, 3.8) is 0 Å². The quantitative estimate of drug-likeness (QED) is 0.611. The molecule has 2 aliphatic heterocycles. The fourth-order valence-corrected chi connectivity index (χ4v) is 4.45. The Bertz CT molecular complexity index is 1140. The van der Waals surface area contributed by atoms with Crippen LogP contribution in [0.1, 0.15) is 53.7 Å². The Labute approximate surface area is 192 Å². The summed E-state index contributed by atoms with van der Waals surface area (Å²) in [5, 5.41) is 8.16. The Morgan fingerprint density at radius 2 is 1.91 bits per heavy atom. The molecule has 2 aromatic rings. The number of hydrogen-bond donors (Lipinski definition) is 3. The van der Waals surface area contributed by atoms with Crippen LogP contribution in [0.25, 0.3) is 0 Å². The van der Waals surface area contributed by atoms with Gasteiger partial charge >= 0.3 is 6.03 Å². The van der Waals surface area contributed by atoms with Crippen molar-refractivity contribution in [2.24, 2.45) is 0 Å². The summed E-state index contributed by atoms with van der Waals surface area (Å²) in [5.41, 5.74) is 3.69. The highest BCUT2D eigenvalue weighted by atomic mass is 16.2. The maximum atomic E-state index is 12.8. The maximum absolute atomic E-state index is 12.8. The van der Waals surface area contributed by atoms with Crippen molar-refractivity contribution >= 4 is 29.4 Å². The molecule has 0 aromatic heterocycles. The third-order valence-corrected chi connectivity index (χ3v) is 6.13. The monoisotopic (exact) mass is 448 g/mol. The standard InChI is InChI=1S/C25H28N4O4/c1-15-6-4-5-7-16(15)13-25(2,3)28-24(33)26-18-8-9-19-17(12-18)14-29(23(19)32)20-10-11-21(30)27-22(20)31/h4-9,12,20H,10-11,13-14H2,1-3H3,(H2,26,28,33)(H,27,30,31). The Balaban J connectivity index is 1.40. The molecule has 33 heavy (non-hydrogen) atoms. The Morgan fingerprint density at radius 3 is 2.64 bits per heavy atom. The first-order chi connectivity index (χ1) is 15.6. The van der Waals surface area contributed by atoms with Crippen molar-refractivity contribution in [3.8, 4) is 0 Å². The van der Waals surface area contributed by atoms with Gasteiger partial charge in [0, 0.05) is 29.8 Å². The zero-order valence-corrected chi connectivity index (χ0v) is 19.0. The molecule has 0 radical (unpaired) electrons. The number of nitrogens with zero attached hydrogens (tertiary/aromatic N) is 1. The molecule has 172 valence electrons. The third kappa shape index (κ3) is 4.89. The number of anilines is 1. The van der Waals surface area contributed by atoms with Crippen molar-refractivity contribution in [2.75, 3.05) is 5.32 Å². The van der Waals surface area contributed by atoms with Crippen molar-refractivity contribution in [2.45, 2.75) is 58.2 Å². The van der Waals surface area contributed by atoms with Crippen LogP contribution in [0.5, 0.6) is 0 Å². The van der Waals surface area contributed by atoms with Crippen LogP contribution >= 0.6 is 0 Å².